The van der Waals surface area contributed by atoms with Gasteiger partial charge in [0.25, 0.3) is 0 Å². The van der Waals surface area contributed by atoms with Crippen LogP contribution in [0.3, 0.4) is 0 Å². The summed E-state index contributed by atoms with van der Waals surface area (Å²) in [5.41, 5.74) is 1.39. The summed E-state index contributed by atoms with van der Waals surface area (Å²) in [7, 11) is 0. The zero-order chi connectivity index (χ0) is 11.4. The lowest BCUT2D eigenvalue weighted by Gasteiger charge is -2.29. The summed E-state index contributed by atoms with van der Waals surface area (Å²) in [6, 6.07) is 9.55. The highest BCUT2D eigenvalue weighted by Gasteiger charge is 2.17. The molecule has 1 fully saturated rings. The normalized spacial score (nSPS) is 25.6. The summed E-state index contributed by atoms with van der Waals surface area (Å²) >= 11 is 3.45. The number of rotatable bonds is 3. The number of halogens is 1. The highest BCUT2D eigenvalue weighted by atomic mass is 79.9. The molecule has 1 aromatic carbocycles. The zero-order valence-electron chi connectivity index (χ0n) is 9.58. The monoisotopic (exact) mass is 283 g/mol. The van der Waals surface area contributed by atoms with Gasteiger partial charge >= 0.3 is 0 Å². The van der Waals surface area contributed by atoms with Crippen molar-refractivity contribution in [2.75, 3.05) is 13.2 Å². The van der Waals surface area contributed by atoms with E-state index >= 15 is 0 Å². The molecular formula is C13H18BrNO. The Hall–Kier alpha value is -0.380. The van der Waals surface area contributed by atoms with Crippen molar-refractivity contribution >= 4 is 15.9 Å². The minimum atomic E-state index is 0.490. The van der Waals surface area contributed by atoms with Crippen LogP contribution in [-0.2, 0) is 11.2 Å². The molecule has 0 aromatic heterocycles. The molecule has 1 saturated heterocycles. The van der Waals surface area contributed by atoms with Gasteiger partial charge in [0.2, 0.25) is 0 Å². The molecule has 2 unspecified atom stereocenters. The van der Waals surface area contributed by atoms with E-state index in [2.05, 4.69) is 52.4 Å². The van der Waals surface area contributed by atoms with Crippen LogP contribution in [0, 0.1) is 0 Å². The van der Waals surface area contributed by atoms with Gasteiger partial charge in [0.1, 0.15) is 0 Å². The van der Waals surface area contributed by atoms with Crippen molar-refractivity contribution in [1.29, 1.82) is 0 Å². The lowest BCUT2D eigenvalue weighted by molar-refractivity contribution is 0.0483. The van der Waals surface area contributed by atoms with Crippen LogP contribution in [0.25, 0.3) is 0 Å². The second-order valence-corrected chi connectivity index (χ2v) is 5.38. The molecule has 1 aromatic rings. The highest BCUT2D eigenvalue weighted by Crippen LogP contribution is 2.13. The molecule has 0 bridgehead atoms. The van der Waals surface area contributed by atoms with Crippen LogP contribution >= 0.6 is 15.9 Å². The predicted octanol–water partition coefficient (Wildman–Crippen LogP) is 2.76. The van der Waals surface area contributed by atoms with Gasteiger partial charge in [-0.05, 0) is 37.5 Å². The second-order valence-electron chi connectivity index (χ2n) is 4.47. The molecule has 0 aliphatic carbocycles. The van der Waals surface area contributed by atoms with Crippen molar-refractivity contribution in [2.45, 2.75) is 31.8 Å². The quantitative estimate of drug-likeness (QED) is 0.921. The van der Waals surface area contributed by atoms with Gasteiger partial charge in [0.05, 0.1) is 13.2 Å². The lowest BCUT2D eigenvalue weighted by Crippen LogP contribution is -2.47. The Labute approximate surface area is 106 Å². The first kappa shape index (κ1) is 12.1. The summed E-state index contributed by atoms with van der Waals surface area (Å²) < 4.78 is 6.67. The highest BCUT2D eigenvalue weighted by molar-refractivity contribution is 9.10. The first-order valence-electron chi connectivity index (χ1n) is 5.82. The van der Waals surface area contributed by atoms with E-state index in [9.17, 15) is 0 Å². The Morgan fingerprint density at radius 3 is 2.75 bits per heavy atom. The van der Waals surface area contributed by atoms with Crippen LogP contribution < -0.4 is 5.32 Å². The van der Waals surface area contributed by atoms with Crippen molar-refractivity contribution in [2.24, 2.45) is 0 Å². The standard InChI is InChI=1S/C13H18BrNO/c1-10-8-16-9-13(15-10)7-4-11-2-5-12(14)6-3-11/h2-3,5-6,10,13,15H,4,7-9H2,1H3. The molecule has 0 amide bonds. The van der Waals surface area contributed by atoms with Crippen LogP contribution in [0.15, 0.2) is 28.7 Å². The maximum absolute atomic E-state index is 5.53. The first-order valence-corrected chi connectivity index (χ1v) is 6.61. The molecule has 2 nitrogen and oxygen atoms in total. The first-order chi connectivity index (χ1) is 7.74. The van der Waals surface area contributed by atoms with E-state index in [0.717, 1.165) is 30.5 Å². The van der Waals surface area contributed by atoms with Gasteiger partial charge in [-0.15, -0.1) is 0 Å². The summed E-state index contributed by atoms with van der Waals surface area (Å²) in [6.45, 7) is 3.86. The smallest absolute Gasteiger partial charge is 0.0620 e. The third-order valence-electron chi connectivity index (χ3n) is 2.90. The van der Waals surface area contributed by atoms with Crippen LogP contribution in [0.5, 0.6) is 0 Å². The molecule has 2 atom stereocenters. The minimum absolute atomic E-state index is 0.490. The number of morpholine rings is 1. The molecule has 0 spiro atoms. The lowest BCUT2D eigenvalue weighted by atomic mass is 10.0. The van der Waals surface area contributed by atoms with Crippen LogP contribution in [0.4, 0.5) is 0 Å². The molecule has 1 N–H and O–H groups in total. The van der Waals surface area contributed by atoms with Crippen molar-refractivity contribution < 1.29 is 4.74 Å². The molecule has 1 heterocycles. The van der Waals surface area contributed by atoms with E-state index in [-0.39, 0.29) is 0 Å². The van der Waals surface area contributed by atoms with Gasteiger partial charge in [-0.25, -0.2) is 0 Å². The Balaban J connectivity index is 1.80. The van der Waals surface area contributed by atoms with Crippen LogP contribution in [0.2, 0.25) is 0 Å². The van der Waals surface area contributed by atoms with Crippen LogP contribution in [0.1, 0.15) is 18.9 Å². The van der Waals surface area contributed by atoms with E-state index in [1.54, 1.807) is 0 Å². The van der Waals surface area contributed by atoms with Gasteiger partial charge in [-0.3, -0.25) is 0 Å². The summed E-state index contributed by atoms with van der Waals surface area (Å²) in [5.74, 6) is 0. The summed E-state index contributed by atoms with van der Waals surface area (Å²) in [6.07, 6.45) is 2.26. The topological polar surface area (TPSA) is 21.3 Å². The van der Waals surface area contributed by atoms with Crippen molar-refractivity contribution in [3.63, 3.8) is 0 Å². The molecule has 0 saturated carbocycles. The third-order valence-corrected chi connectivity index (χ3v) is 3.43. The van der Waals surface area contributed by atoms with E-state index in [0.29, 0.717) is 12.1 Å². The Bertz CT molecular complexity index is 325. The predicted molar refractivity (Wildman–Crippen MR) is 69.7 cm³/mol. The molecule has 88 valence electrons. The van der Waals surface area contributed by atoms with Crippen LogP contribution in [-0.4, -0.2) is 25.3 Å². The van der Waals surface area contributed by atoms with E-state index in [1.807, 2.05) is 0 Å². The summed E-state index contributed by atoms with van der Waals surface area (Å²) in [5, 5.41) is 3.56. The molecule has 2 rings (SSSR count). The molecule has 3 heteroatoms. The van der Waals surface area contributed by atoms with Crippen molar-refractivity contribution in [3.05, 3.63) is 34.3 Å². The molecule has 1 aliphatic heterocycles. The number of hydrogen-bond donors (Lipinski definition) is 1. The number of benzene rings is 1. The number of ether oxygens (including phenoxy) is 1. The fraction of sp³-hybridized carbons (Fsp3) is 0.538. The molecular weight excluding hydrogens is 266 g/mol. The molecule has 0 radical (unpaired) electrons. The van der Waals surface area contributed by atoms with E-state index in [4.69, 9.17) is 4.74 Å². The maximum atomic E-state index is 5.53. The SMILES string of the molecule is CC1COCC(CCc2ccc(Br)cc2)N1. The van der Waals surface area contributed by atoms with Gasteiger partial charge in [0.15, 0.2) is 0 Å². The number of hydrogen-bond acceptors (Lipinski definition) is 2. The minimum Gasteiger partial charge on any atom is -0.378 e. The van der Waals surface area contributed by atoms with Gasteiger partial charge in [-0.1, -0.05) is 28.1 Å². The number of aryl methyl sites for hydroxylation is 1. The second kappa shape index (κ2) is 5.80. The average Bonchev–Trinajstić information content (AvgIpc) is 2.28. The molecule has 1 aliphatic rings. The summed E-state index contributed by atoms with van der Waals surface area (Å²) in [4.78, 5) is 0. The van der Waals surface area contributed by atoms with Crippen molar-refractivity contribution in [1.82, 2.24) is 5.32 Å². The largest absolute Gasteiger partial charge is 0.378 e. The zero-order valence-corrected chi connectivity index (χ0v) is 11.2. The van der Waals surface area contributed by atoms with E-state index < -0.39 is 0 Å². The Morgan fingerprint density at radius 1 is 1.31 bits per heavy atom. The van der Waals surface area contributed by atoms with E-state index in [1.165, 1.54) is 5.56 Å². The van der Waals surface area contributed by atoms with Crippen molar-refractivity contribution in [3.8, 4) is 0 Å². The van der Waals surface area contributed by atoms with Gasteiger partial charge in [-0.2, -0.15) is 0 Å². The van der Waals surface area contributed by atoms with Gasteiger partial charge in [0, 0.05) is 16.6 Å². The fourth-order valence-electron chi connectivity index (χ4n) is 2.04. The fourth-order valence-corrected chi connectivity index (χ4v) is 2.31. The van der Waals surface area contributed by atoms with Gasteiger partial charge < -0.3 is 10.1 Å². The maximum Gasteiger partial charge on any atom is 0.0620 e. The molecule has 16 heavy (non-hydrogen) atoms. The Morgan fingerprint density at radius 2 is 2.06 bits per heavy atom. The number of nitrogens with one attached hydrogen (secondary N) is 1. The Kier molecular flexibility index (Phi) is 4.38. The third kappa shape index (κ3) is 3.58. The average molecular weight is 284 g/mol.